The fourth-order valence-corrected chi connectivity index (χ4v) is 16.3. The standard InChI is InChI=1S/C86H80N2O2/c1-7-55-25-15-17-35-63(55)67-37-21-39-69-71-41-23-43-77(85(71)89-83(67)69)87(61-33-19-31-59(49-61)53(3)4)79-51-75(57-27-11-9-12-28-57)65-46-48-74-80(52-76(58-29-13-10-14-30-58)66-45-47-73(79)81(65)82(66)74)88(62-34-20-32-60(50-62)54(5)6)78-44-24-42-72-70-40-22-38-68(84(70)90-86(72)78)64-36-18-16-26-56(64)8-2/h15-26,31-54,57-58H,7-14,27-30H2,1-6H3. The molecule has 0 unspecified atom stereocenters. The van der Waals surface area contributed by atoms with Crippen LogP contribution in [0.15, 0.2) is 215 Å². The highest BCUT2D eigenvalue weighted by Crippen LogP contribution is 2.56. The zero-order chi connectivity index (χ0) is 60.7. The van der Waals surface area contributed by atoms with Gasteiger partial charge in [0.1, 0.15) is 11.2 Å². The van der Waals surface area contributed by atoms with Crippen molar-refractivity contribution in [1.29, 1.82) is 0 Å². The first-order valence-electron chi connectivity index (χ1n) is 33.9. The average molecular weight is 1170 g/mol. The van der Waals surface area contributed by atoms with Crippen LogP contribution in [0.4, 0.5) is 34.1 Å². The Morgan fingerprint density at radius 3 is 1.11 bits per heavy atom. The molecule has 0 atom stereocenters. The van der Waals surface area contributed by atoms with E-state index in [4.69, 9.17) is 8.83 Å². The summed E-state index contributed by atoms with van der Waals surface area (Å²) in [6.07, 6.45) is 14.1. The van der Waals surface area contributed by atoms with E-state index >= 15 is 0 Å². The van der Waals surface area contributed by atoms with E-state index in [1.807, 2.05) is 0 Å². The molecule has 14 aromatic rings. The molecule has 2 aliphatic rings. The van der Waals surface area contributed by atoms with Crippen molar-refractivity contribution in [3.63, 3.8) is 0 Å². The highest BCUT2D eigenvalue weighted by atomic mass is 16.3. The van der Waals surface area contributed by atoms with E-state index < -0.39 is 0 Å². The Kier molecular flexibility index (Phi) is 14.4. The van der Waals surface area contributed by atoms with Crippen LogP contribution in [-0.2, 0) is 12.8 Å². The molecule has 12 aromatic carbocycles. The number of furan rings is 2. The van der Waals surface area contributed by atoms with Crippen molar-refractivity contribution in [2.75, 3.05) is 9.80 Å². The minimum atomic E-state index is 0.334. The molecule has 4 nitrogen and oxygen atoms in total. The predicted molar refractivity (Wildman–Crippen MR) is 384 cm³/mol. The number of para-hydroxylation sites is 4. The smallest absolute Gasteiger partial charge is 0.159 e. The molecule has 2 heterocycles. The minimum absolute atomic E-state index is 0.334. The van der Waals surface area contributed by atoms with Gasteiger partial charge >= 0.3 is 0 Å². The molecule has 2 fully saturated rings. The zero-order valence-electron chi connectivity index (χ0n) is 53.1. The Bertz CT molecular complexity index is 4720. The molecular formula is C86H80N2O2. The first kappa shape index (κ1) is 56.1. The van der Waals surface area contributed by atoms with E-state index in [9.17, 15) is 0 Å². The molecule has 0 N–H and O–H groups in total. The van der Waals surface area contributed by atoms with Gasteiger partial charge in [0.25, 0.3) is 0 Å². The molecule has 2 aliphatic carbocycles. The number of anilines is 6. The molecule has 2 saturated carbocycles. The van der Waals surface area contributed by atoms with Gasteiger partial charge in [-0.3, -0.25) is 0 Å². The lowest BCUT2D eigenvalue weighted by Gasteiger charge is -2.33. The van der Waals surface area contributed by atoms with Crippen molar-refractivity contribution in [2.24, 2.45) is 0 Å². The lowest BCUT2D eigenvalue weighted by atomic mass is 9.77. The zero-order valence-corrected chi connectivity index (χ0v) is 53.1. The molecule has 4 heteroatoms. The van der Waals surface area contributed by atoms with Crippen LogP contribution in [0.25, 0.3) is 98.4 Å². The van der Waals surface area contributed by atoms with E-state index in [0.29, 0.717) is 23.7 Å². The highest BCUT2D eigenvalue weighted by molar-refractivity contribution is 6.30. The number of fused-ring (bicyclic) bond motifs is 6. The first-order chi connectivity index (χ1) is 44.2. The van der Waals surface area contributed by atoms with Crippen LogP contribution < -0.4 is 9.80 Å². The summed E-state index contributed by atoms with van der Waals surface area (Å²) in [6.45, 7) is 13.8. The summed E-state index contributed by atoms with van der Waals surface area (Å²) >= 11 is 0. The van der Waals surface area contributed by atoms with Gasteiger partial charge in [-0.2, -0.15) is 0 Å². The van der Waals surface area contributed by atoms with Crippen molar-refractivity contribution in [3.8, 4) is 22.3 Å². The number of hydrogen-bond acceptors (Lipinski definition) is 4. The third-order valence-electron chi connectivity index (χ3n) is 20.9. The second-order valence-corrected chi connectivity index (χ2v) is 26.8. The van der Waals surface area contributed by atoms with Crippen molar-refractivity contribution >= 4 is 110 Å². The second-order valence-electron chi connectivity index (χ2n) is 26.8. The van der Waals surface area contributed by atoms with Crippen molar-refractivity contribution in [2.45, 2.75) is 142 Å². The van der Waals surface area contributed by atoms with Gasteiger partial charge in [-0.25, -0.2) is 0 Å². The molecule has 16 rings (SSSR count). The van der Waals surface area contributed by atoms with Gasteiger partial charge in [0, 0.05) is 54.8 Å². The van der Waals surface area contributed by atoms with Crippen molar-refractivity contribution in [1.82, 2.24) is 0 Å². The van der Waals surface area contributed by atoms with Crippen LogP contribution in [-0.4, -0.2) is 0 Å². The lowest BCUT2D eigenvalue weighted by Crippen LogP contribution is -2.15. The van der Waals surface area contributed by atoms with Gasteiger partial charge in [-0.1, -0.05) is 238 Å². The number of nitrogens with zero attached hydrogens (tertiary/aromatic N) is 2. The molecule has 0 bridgehead atoms. The quantitative estimate of drug-likeness (QED) is 0.102. The topological polar surface area (TPSA) is 32.8 Å². The van der Waals surface area contributed by atoms with Gasteiger partial charge in [0.2, 0.25) is 0 Å². The molecule has 0 radical (unpaired) electrons. The van der Waals surface area contributed by atoms with Gasteiger partial charge in [0.15, 0.2) is 11.2 Å². The monoisotopic (exact) mass is 1170 g/mol. The second kappa shape index (κ2) is 23.0. The SMILES string of the molecule is CCc1ccccc1-c1cccc2c1oc1c(N(c3cccc(C(C)C)c3)c3cc(C4CCCCC4)c4ccc5c(N(c6cccc(C(C)C)c6)c6cccc7c6oc6c(-c8ccccc8CC)cccc67)cc(C6CCCCC6)c6ccc3c4c65)cccc12. The van der Waals surface area contributed by atoms with E-state index in [0.717, 1.165) is 90.6 Å². The Balaban J connectivity index is 1.01. The molecule has 446 valence electrons. The van der Waals surface area contributed by atoms with Gasteiger partial charge < -0.3 is 18.6 Å². The fourth-order valence-electron chi connectivity index (χ4n) is 16.3. The van der Waals surface area contributed by atoms with Crippen LogP contribution in [0.3, 0.4) is 0 Å². The maximum Gasteiger partial charge on any atom is 0.159 e. The van der Waals surface area contributed by atoms with Crippen molar-refractivity contribution < 1.29 is 8.83 Å². The molecule has 0 aliphatic heterocycles. The lowest BCUT2D eigenvalue weighted by molar-refractivity contribution is 0.445. The van der Waals surface area contributed by atoms with Crippen LogP contribution in [0, 0.1) is 0 Å². The first-order valence-corrected chi connectivity index (χ1v) is 33.9. The van der Waals surface area contributed by atoms with Crippen LogP contribution in [0.5, 0.6) is 0 Å². The summed E-state index contributed by atoms with van der Waals surface area (Å²) in [5.74, 6) is 1.50. The largest absolute Gasteiger partial charge is 0.453 e. The summed E-state index contributed by atoms with van der Waals surface area (Å²) in [7, 11) is 0. The Morgan fingerprint density at radius 1 is 0.333 bits per heavy atom. The number of rotatable bonds is 14. The maximum atomic E-state index is 7.51. The Morgan fingerprint density at radius 2 is 0.700 bits per heavy atom. The van der Waals surface area contributed by atoms with E-state index in [-0.39, 0.29) is 0 Å². The highest BCUT2D eigenvalue weighted by Gasteiger charge is 2.32. The number of hydrogen-bond donors (Lipinski definition) is 0. The van der Waals surface area contributed by atoms with Crippen molar-refractivity contribution in [3.05, 3.63) is 240 Å². The summed E-state index contributed by atoms with van der Waals surface area (Å²) in [6, 6.07) is 78.9. The van der Waals surface area contributed by atoms with Crippen LogP contribution >= 0.6 is 0 Å². The third kappa shape index (κ3) is 9.29. The summed E-state index contributed by atoms with van der Waals surface area (Å²) in [4.78, 5) is 5.19. The van der Waals surface area contributed by atoms with Gasteiger partial charge in [-0.05, 0) is 177 Å². The van der Waals surface area contributed by atoms with Gasteiger partial charge in [-0.15, -0.1) is 0 Å². The fraction of sp³-hybridized carbons (Fsp3) is 0.256. The summed E-state index contributed by atoms with van der Waals surface area (Å²) in [5, 5.41) is 12.5. The molecule has 0 amide bonds. The maximum absolute atomic E-state index is 7.51. The van der Waals surface area contributed by atoms with E-state index in [2.05, 4.69) is 258 Å². The molecule has 0 saturated heterocycles. The van der Waals surface area contributed by atoms with E-state index in [1.54, 1.807) is 0 Å². The van der Waals surface area contributed by atoms with E-state index in [1.165, 1.54) is 152 Å². The number of benzene rings is 12. The van der Waals surface area contributed by atoms with Crippen LogP contribution in [0.1, 0.15) is 163 Å². The van der Waals surface area contributed by atoms with Crippen LogP contribution in [0.2, 0.25) is 0 Å². The minimum Gasteiger partial charge on any atom is -0.453 e. The molecule has 2 aromatic heterocycles. The molecule has 90 heavy (non-hydrogen) atoms. The number of aryl methyl sites for hydroxylation is 2. The summed E-state index contributed by atoms with van der Waals surface area (Å²) in [5.41, 5.74) is 23.3. The normalized spacial score (nSPS) is 14.5. The Labute approximate surface area is 530 Å². The predicted octanol–water partition coefficient (Wildman–Crippen LogP) is 26.1. The van der Waals surface area contributed by atoms with Gasteiger partial charge in [0.05, 0.1) is 22.7 Å². The third-order valence-corrected chi connectivity index (χ3v) is 20.9. The molecule has 0 spiro atoms. The average Bonchev–Trinajstić information content (AvgIpc) is 0.745. The Hall–Kier alpha value is -9.12. The summed E-state index contributed by atoms with van der Waals surface area (Å²) < 4.78 is 15.0. The molecular weight excluding hydrogens is 1090 g/mol.